The Morgan fingerprint density at radius 2 is 1.28 bits per heavy atom. The van der Waals surface area contributed by atoms with Gasteiger partial charge in [-0.05, 0) is 49.3 Å². The van der Waals surface area contributed by atoms with Gasteiger partial charge in [-0.2, -0.15) is 0 Å². The summed E-state index contributed by atoms with van der Waals surface area (Å²) in [5.41, 5.74) is 2.56. The molecule has 0 bridgehead atoms. The summed E-state index contributed by atoms with van der Waals surface area (Å²) in [7, 11) is 0. The van der Waals surface area contributed by atoms with Crippen molar-refractivity contribution < 1.29 is 28.7 Å². The van der Waals surface area contributed by atoms with Gasteiger partial charge in [-0.15, -0.1) is 11.8 Å². The van der Waals surface area contributed by atoms with Crippen LogP contribution < -0.4 is 21.3 Å². The third kappa shape index (κ3) is 11.3. The van der Waals surface area contributed by atoms with Gasteiger partial charge in [0.25, 0.3) is 0 Å². The molecule has 0 saturated carbocycles. The monoisotopic (exact) mass is 758 g/mol. The molecule has 0 spiro atoms. The number of nitrogens with one attached hydrogen (secondary N) is 4. The summed E-state index contributed by atoms with van der Waals surface area (Å²) in [5.74, 6) is -1.05. The van der Waals surface area contributed by atoms with E-state index in [0.717, 1.165) is 16.7 Å². The molecule has 1 saturated heterocycles. The summed E-state index contributed by atoms with van der Waals surface area (Å²) in [5, 5.41) is 12.4. The van der Waals surface area contributed by atoms with E-state index >= 15 is 0 Å². The molecule has 10 nitrogen and oxygen atoms in total. The average Bonchev–Trinajstić information content (AvgIpc) is 3.57. The zero-order valence-electron chi connectivity index (χ0n) is 32.7. The minimum absolute atomic E-state index is 0.109. The van der Waals surface area contributed by atoms with Crippen molar-refractivity contribution in [1.82, 2.24) is 21.3 Å². The van der Waals surface area contributed by atoms with Crippen molar-refractivity contribution in [2.24, 2.45) is 11.8 Å². The Balaban J connectivity index is 1.64. The highest BCUT2D eigenvalue weighted by molar-refractivity contribution is 8.00. The number of amides is 3. The van der Waals surface area contributed by atoms with Crippen LogP contribution in [0.5, 0.6) is 0 Å². The molecule has 0 aromatic heterocycles. The first-order chi connectivity index (χ1) is 25.8. The van der Waals surface area contributed by atoms with Gasteiger partial charge >= 0.3 is 12.1 Å². The molecule has 3 aromatic carbocycles. The molecule has 6 atom stereocenters. The maximum absolute atomic E-state index is 14.1. The van der Waals surface area contributed by atoms with Crippen LogP contribution in [0, 0.1) is 11.8 Å². The molecule has 1 aliphatic rings. The highest BCUT2D eigenvalue weighted by Crippen LogP contribution is 2.48. The lowest BCUT2D eigenvalue weighted by Gasteiger charge is -2.37. The Labute approximate surface area is 325 Å². The lowest BCUT2D eigenvalue weighted by Crippen LogP contribution is -2.59. The molecule has 3 aromatic rings. The molecular weight excluding hydrogens is 701 g/mol. The molecule has 4 N–H and O–H groups in total. The lowest BCUT2D eigenvalue weighted by molar-refractivity contribution is -0.142. The van der Waals surface area contributed by atoms with Crippen molar-refractivity contribution in [3.8, 4) is 0 Å². The molecule has 2 unspecified atom stereocenters. The summed E-state index contributed by atoms with van der Waals surface area (Å²) in [6.07, 6.45) is 1.17. The fourth-order valence-electron chi connectivity index (χ4n) is 6.51. The lowest BCUT2D eigenvalue weighted by atomic mass is 9.84. The number of ether oxygens (including phenoxy) is 2. The third-order valence-electron chi connectivity index (χ3n) is 9.89. The second-order valence-electron chi connectivity index (χ2n) is 15.1. The van der Waals surface area contributed by atoms with E-state index in [2.05, 4.69) is 57.7 Å². The van der Waals surface area contributed by atoms with Crippen molar-refractivity contribution in [1.29, 1.82) is 0 Å². The molecular formula is C43H58N4O6S. The molecule has 0 aliphatic carbocycles. The van der Waals surface area contributed by atoms with E-state index in [9.17, 15) is 19.2 Å². The molecule has 0 radical (unpaired) electrons. The van der Waals surface area contributed by atoms with E-state index in [1.165, 1.54) is 0 Å². The highest BCUT2D eigenvalue weighted by atomic mass is 32.2. The van der Waals surface area contributed by atoms with Gasteiger partial charge in [0, 0.05) is 18.7 Å². The Hall–Kier alpha value is -4.35. The fraction of sp³-hybridized carbons (Fsp3) is 0.488. The van der Waals surface area contributed by atoms with E-state index in [1.54, 1.807) is 11.8 Å². The second kappa shape index (κ2) is 19.8. The van der Waals surface area contributed by atoms with Crippen LogP contribution in [0.4, 0.5) is 4.79 Å². The van der Waals surface area contributed by atoms with Crippen LogP contribution in [0.25, 0.3) is 0 Å². The van der Waals surface area contributed by atoms with E-state index in [0.29, 0.717) is 25.0 Å². The molecule has 1 aliphatic heterocycles. The van der Waals surface area contributed by atoms with Gasteiger partial charge in [0.2, 0.25) is 11.8 Å². The molecule has 1 fully saturated rings. The average molecular weight is 759 g/mol. The molecule has 11 heteroatoms. The topological polar surface area (TPSA) is 135 Å². The van der Waals surface area contributed by atoms with E-state index < -0.39 is 52.5 Å². The molecule has 3 amide bonds. The van der Waals surface area contributed by atoms with Crippen molar-refractivity contribution in [3.63, 3.8) is 0 Å². The standard InChI is InChI=1S/C43H58N4O6S/c1-8-29(3)36(38(48)47-37(30(4)9-2)39(49)46-35-25-26-52-40(35)50)44-27-34(45-41(51)53-42(5,6)7)28-54-43(31-19-13-10-14-20-31,32-21-15-11-16-22-32)33-23-17-12-18-24-33/h10-24,29-30,34-37,44H,8-9,25-28H2,1-7H3,(H,45,51)(H,46,49)(H,47,48)/t29?,30?,34-,35+,36+,37+/m1/s1. The molecule has 54 heavy (non-hydrogen) atoms. The SMILES string of the molecule is CCC(C)[C@H](NC[C@H](CSC(c1ccccc1)(c1ccccc1)c1ccccc1)NC(=O)OC(C)(C)C)C(=O)N[C@H](C(=O)N[C@H]1CCOC1=O)C(C)CC. The van der Waals surface area contributed by atoms with Crippen LogP contribution in [-0.4, -0.2) is 72.5 Å². The Kier molecular flexibility index (Phi) is 15.6. The first kappa shape index (κ1) is 42.4. The number of carbonyl (C=O) groups is 4. The second-order valence-corrected chi connectivity index (χ2v) is 16.3. The van der Waals surface area contributed by atoms with Crippen molar-refractivity contribution in [2.75, 3.05) is 18.9 Å². The quantitative estimate of drug-likeness (QED) is 0.0846. The predicted molar refractivity (Wildman–Crippen MR) is 215 cm³/mol. The summed E-state index contributed by atoms with van der Waals surface area (Å²) in [6, 6.07) is 28.3. The van der Waals surface area contributed by atoms with Crippen LogP contribution in [0.1, 0.15) is 84.4 Å². The van der Waals surface area contributed by atoms with Crippen LogP contribution >= 0.6 is 11.8 Å². The van der Waals surface area contributed by atoms with Gasteiger partial charge in [0.05, 0.1) is 23.4 Å². The van der Waals surface area contributed by atoms with Crippen LogP contribution in [0.3, 0.4) is 0 Å². The first-order valence-electron chi connectivity index (χ1n) is 19.1. The summed E-state index contributed by atoms with van der Waals surface area (Å²) < 4.78 is 10.1. The number of hydrogen-bond acceptors (Lipinski definition) is 8. The van der Waals surface area contributed by atoms with Gasteiger partial charge in [0.1, 0.15) is 17.7 Å². The van der Waals surface area contributed by atoms with Crippen molar-refractivity contribution in [3.05, 3.63) is 108 Å². The number of thioether (sulfide) groups is 1. The largest absolute Gasteiger partial charge is 0.464 e. The number of cyclic esters (lactones) is 1. The predicted octanol–water partition coefficient (Wildman–Crippen LogP) is 6.57. The van der Waals surface area contributed by atoms with Gasteiger partial charge in [0.15, 0.2) is 0 Å². The zero-order valence-corrected chi connectivity index (χ0v) is 33.5. The number of esters is 1. The highest BCUT2D eigenvalue weighted by Gasteiger charge is 2.39. The summed E-state index contributed by atoms with van der Waals surface area (Å²) >= 11 is 1.71. The zero-order chi connectivity index (χ0) is 39.3. The Morgan fingerprint density at radius 1 is 0.778 bits per heavy atom. The number of rotatable bonds is 18. The van der Waals surface area contributed by atoms with Gasteiger partial charge < -0.3 is 30.7 Å². The maximum atomic E-state index is 14.1. The summed E-state index contributed by atoms with van der Waals surface area (Å²) in [4.78, 5) is 53.0. The number of carbonyl (C=O) groups excluding carboxylic acids is 4. The Bertz CT molecular complexity index is 1560. The Morgan fingerprint density at radius 3 is 1.72 bits per heavy atom. The van der Waals surface area contributed by atoms with Gasteiger partial charge in [-0.25, -0.2) is 9.59 Å². The van der Waals surface area contributed by atoms with Crippen molar-refractivity contribution in [2.45, 2.75) is 102 Å². The number of hydrogen-bond donors (Lipinski definition) is 4. The normalized spacial score (nSPS) is 17.3. The fourth-order valence-corrected chi connectivity index (χ4v) is 8.07. The first-order valence-corrected chi connectivity index (χ1v) is 20.1. The van der Waals surface area contributed by atoms with E-state index in [1.807, 2.05) is 103 Å². The third-order valence-corrected chi connectivity index (χ3v) is 11.6. The molecule has 292 valence electrons. The van der Waals surface area contributed by atoms with Gasteiger partial charge in [-0.3, -0.25) is 9.59 Å². The minimum Gasteiger partial charge on any atom is -0.464 e. The molecule has 4 rings (SSSR count). The van der Waals surface area contributed by atoms with E-state index in [4.69, 9.17) is 9.47 Å². The smallest absolute Gasteiger partial charge is 0.407 e. The van der Waals surface area contributed by atoms with Crippen LogP contribution in [0.2, 0.25) is 0 Å². The van der Waals surface area contributed by atoms with Crippen molar-refractivity contribution >= 4 is 35.6 Å². The number of benzene rings is 3. The maximum Gasteiger partial charge on any atom is 0.407 e. The number of alkyl carbamates (subject to hydrolysis) is 1. The molecule has 1 heterocycles. The van der Waals surface area contributed by atoms with Crippen LogP contribution in [-0.2, 0) is 28.6 Å². The van der Waals surface area contributed by atoms with Crippen LogP contribution in [0.15, 0.2) is 91.0 Å². The minimum atomic E-state index is -0.848. The van der Waals surface area contributed by atoms with E-state index in [-0.39, 0.29) is 30.9 Å². The van der Waals surface area contributed by atoms with Gasteiger partial charge in [-0.1, -0.05) is 132 Å². The summed E-state index contributed by atoms with van der Waals surface area (Å²) in [6.45, 7) is 13.8.